The Morgan fingerprint density at radius 1 is 1.21 bits per heavy atom. The smallest absolute Gasteiger partial charge is 0.222 e. The van der Waals surface area contributed by atoms with Crippen LogP contribution in [0.15, 0.2) is 24.4 Å². The maximum Gasteiger partial charge on any atom is 0.222 e. The van der Waals surface area contributed by atoms with Crippen LogP contribution in [-0.2, 0) is 11.3 Å². The largest absolute Gasteiger partial charge is 0.340 e. The molecule has 2 fully saturated rings. The van der Waals surface area contributed by atoms with E-state index in [1.807, 2.05) is 24.1 Å². The number of aryl methyl sites for hydroxylation is 1. The van der Waals surface area contributed by atoms with Gasteiger partial charge in [-0.2, -0.15) is 0 Å². The van der Waals surface area contributed by atoms with Crippen LogP contribution < -0.4 is 0 Å². The summed E-state index contributed by atoms with van der Waals surface area (Å²) in [5.74, 6) is 0.319. The van der Waals surface area contributed by atoms with Gasteiger partial charge >= 0.3 is 0 Å². The van der Waals surface area contributed by atoms with E-state index in [-0.39, 0.29) is 5.54 Å². The third kappa shape index (κ3) is 2.51. The molecule has 0 bridgehead atoms. The number of rotatable bonds is 2. The Morgan fingerprint density at radius 2 is 2.08 bits per heavy atom. The predicted octanol–water partition coefficient (Wildman–Crippen LogP) is 2.62. The zero-order chi connectivity index (χ0) is 16.7. The van der Waals surface area contributed by atoms with Gasteiger partial charge < -0.3 is 9.30 Å². The second-order valence-electron chi connectivity index (χ2n) is 7.38. The quantitative estimate of drug-likeness (QED) is 0.852. The number of hydrogen-bond acceptors (Lipinski definition) is 3. The lowest BCUT2D eigenvalue weighted by atomic mass is 9.88. The lowest BCUT2D eigenvalue weighted by molar-refractivity contribution is -0.129. The van der Waals surface area contributed by atoms with Crippen LogP contribution in [0.3, 0.4) is 0 Å². The van der Waals surface area contributed by atoms with Crippen LogP contribution in [0, 0.1) is 6.92 Å². The highest BCUT2D eigenvalue weighted by Crippen LogP contribution is 2.38. The number of hydrogen-bond donors (Lipinski definition) is 0. The Kier molecular flexibility index (Phi) is 3.83. The third-order valence-corrected chi connectivity index (χ3v) is 6.14. The first-order valence-corrected chi connectivity index (χ1v) is 9.01. The first-order chi connectivity index (χ1) is 11.6. The maximum absolute atomic E-state index is 12.0. The second-order valence-corrected chi connectivity index (χ2v) is 7.38. The van der Waals surface area contributed by atoms with Crippen LogP contribution in [0.4, 0.5) is 0 Å². The van der Waals surface area contributed by atoms with Crippen molar-refractivity contribution in [3.05, 3.63) is 35.8 Å². The van der Waals surface area contributed by atoms with Crippen molar-refractivity contribution < 1.29 is 4.79 Å². The fourth-order valence-corrected chi connectivity index (χ4v) is 4.45. The minimum atomic E-state index is 0.111. The van der Waals surface area contributed by atoms with Crippen LogP contribution >= 0.6 is 0 Å². The molecule has 2 aromatic heterocycles. The molecular formula is C19H26N4O. The first kappa shape index (κ1) is 15.6. The van der Waals surface area contributed by atoms with Crippen molar-refractivity contribution >= 4 is 11.6 Å². The Bertz CT molecular complexity index is 768. The molecule has 1 atom stereocenters. The van der Waals surface area contributed by atoms with Gasteiger partial charge in [-0.3, -0.25) is 9.69 Å². The molecule has 0 aromatic carbocycles. The summed E-state index contributed by atoms with van der Waals surface area (Å²) < 4.78 is 2.16. The molecule has 2 aromatic rings. The molecule has 1 spiro atoms. The number of amides is 1. The molecule has 4 heterocycles. The number of imidazole rings is 1. The van der Waals surface area contributed by atoms with Crippen molar-refractivity contribution in [2.75, 3.05) is 20.1 Å². The number of likely N-dealkylation sites (tertiary alicyclic amines) is 2. The van der Waals surface area contributed by atoms with Crippen molar-refractivity contribution in [3.63, 3.8) is 0 Å². The van der Waals surface area contributed by atoms with E-state index in [4.69, 9.17) is 4.98 Å². The van der Waals surface area contributed by atoms with Gasteiger partial charge in [-0.15, -0.1) is 0 Å². The molecule has 128 valence electrons. The van der Waals surface area contributed by atoms with Gasteiger partial charge in [-0.25, -0.2) is 4.98 Å². The Labute approximate surface area is 143 Å². The summed E-state index contributed by atoms with van der Waals surface area (Å²) in [4.78, 5) is 21.3. The number of pyridine rings is 1. The lowest BCUT2D eigenvalue weighted by Gasteiger charge is -2.35. The van der Waals surface area contributed by atoms with Crippen molar-refractivity contribution in [3.8, 4) is 0 Å². The van der Waals surface area contributed by atoms with Crippen LogP contribution in [0.1, 0.15) is 43.5 Å². The minimum Gasteiger partial charge on any atom is -0.340 e. The summed E-state index contributed by atoms with van der Waals surface area (Å²) in [5, 5.41) is 0. The van der Waals surface area contributed by atoms with Crippen LogP contribution in [0.2, 0.25) is 0 Å². The number of nitrogens with zero attached hydrogens (tertiary/aromatic N) is 4. The highest BCUT2D eigenvalue weighted by atomic mass is 16.2. The van der Waals surface area contributed by atoms with E-state index in [9.17, 15) is 4.79 Å². The highest BCUT2D eigenvalue weighted by Gasteiger charge is 2.43. The SMILES string of the molecule is Cc1c(CN2CCCC3(CCC(=O)N3C)CC2)nc2ccccn12. The van der Waals surface area contributed by atoms with Gasteiger partial charge in [0.1, 0.15) is 5.65 Å². The topological polar surface area (TPSA) is 40.9 Å². The Hall–Kier alpha value is -1.88. The van der Waals surface area contributed by atoms with E-state index in [1.54, 1.807) is 0 Å². The van der Waals surface area contributed by atoms with Crippen molar-refractivity contribution in [2.24, 2.45) is 0 Å². The molecular weight excluding hydrogens is 300 g/mol. The molecule has 0 aliphatic carbocycles. The standard InChI is InChI=1S/C19H26N4O/c1-15-16(20-17-6-3-4-12-23(15)17)14-22-11-5-8-19(10-13-22)9-7-18(24)21(19)2/h3-4,6,12H,5,7-11,13-14H2,1-2H3. The second kappa shape index (κ2) is 5.88. The summed E-state index contributed by atoms with van der Waals surface area (Å²) in [6, 6.07) is 6.15. The average Bonchev–Trinajstić information content (AvgIpc) is 2.95. The normalized spacial score (nSPS) is 25.8. The van der Waals surface area contributed by atoms with Gasteiger partial charge in [0, 0.05) is 44.0 Å². The maximum atomic E-state index is 12.0. The molecule has 2 aliphatic rings. The van der Waals surface area contributed by atoms with Crippen LogP contribution in [0.25, 0.3) is 5.65 Å². The highest BCUT2D eigenvalue weighted by molar-refractivity contribution is 5.79. The zero-order valence-corrected chi connectivity index (χ0v) is 14.7. The zero-order valence-electron chi connectivity index (χ0n) is 14.7. The van der Waals surface area contributed by atoms with Gasteiger partial charge in [-0.1, -0.05) is 6.07 Å². The fourth-order valence-electron chi connectivity index (χ4n) is 4.45. The van der Waals surface area contributed by atoms with E-state index in [0.717, 1.165) is 57.4 Å². The van der Waals surface area contributed by atoms with E-state index in [1.165, 1.54) is 11.4 Å². The average molecular weight is 326 g/mol. The summed E-state index contributed by atoms with van der Waals surface area (Å²) in [7, 11) is 2.00. The van der Waals surface area contributed by atoms with E-state index >= 15 is 0 Å². The molecule has 24 heavy (non-hydrogen) atoms. The summed E-state index contributed by atoms with van der Waals surface area (Å²) in [6.45, 7) is 5.20. The summed E-state index contributed by atoms with van der Waals surface area (Å²) in [5.41, 5.74) is 3.54. The Morgan fingerprint density at radius 3 is 2.83 bits per heavy atom. The molecule has 2 aliphatic heterocycles. The lowest BCUT2D eigenvalue weighted by Crippen LogP contribution is -2.43. The molecule has 0 radical (unpaired) electrons. The summed E-state index contributed by atoms with van der Waals surface area (Å²) >= 11 is 0. The summed E-state index contributed by atoms with van der Waals surface area (Å²) in [6.07, 6.45) is 7.21. The first-order valence-electron chi connectivity index (χ1n) is 9.01. The number of carbonyl (C=O) groups excluding carboxylic acids is 1. The van der Waals surface area contributed by atoms with E-state index in [2.05, 4.69) is 28.5 Å². The molecule has 0 N–H and O–H groups in total. The molecule has 5 nitrogen and oxygen atoms in total. The third-order valence-electron chi connectivity index (χ3n) is 6.14. The molecule has 1 amide bonds. The van der Waals surface area contributed by atoms with Gasteiger partial charge in [0.15, 0.2) is 0 Å². The number of fused-ring (bicyclic) bond motifs is 1. The molecule has 1 unspecified atom stereocenters. The van der Waals surface area contributed by atoms with Gasteiger partial charge in [0.25, 0.3) is 0 Å². The van der Waals surface area contributed by atoms with Crippen molar-refractivity contribution in [2.45, 2.75) is 51.1 Å². The minimum absolute atomic E-state index is 0.111. The fraction of sp³-hybridized carbons (Fsp3) is 0.579. The monoisotopic (exact) mass is 326 g/mol. The number of aromatic nitrogens is 2. The van der Waals surface area contributed by atoms with Crippen LogP contribution in [-0.4, -0.2) is 50.8 Å². The van der Waals surface area contributed by atoms with Crippen molar-refractivity contribution in [1.82, 2.24) is 19.2 Å². The van der Waals surface area contributed by atoms with Crippen molar-refractivity contribution in [1.29, 1.82) is 0 Å². The van der Waals surface area contributed by atoms with E-state index < -0.39 is 0 Å². The Balaban J connectivity index is 1.50. The predicted molar refractivity (Wildman–Crippen MR) is 93.8 cm³/mol. The molecule has 5 heteroatoms. The van der Waals surface area contributed by atoms with Gasteiger partial charge in [0.05, 0.1) is 5.69 Å². The number of carbonyl (C=O) groups is 1. The molecule has 0 saturated carbocycles. The van der Waals surface area contributed by atoms with Crippen LogP contribution in [0.5, 0.6) is 0 Å². The van der Waals surface area contributed by atoms with E-state index in [0.29, 0.717) is 5.91 Å². The molecule has 4 rings (SSSR count). The molecule has 2 saturated heterocycles. The van der Waals surface area contributed by atoms with Gasteiger partial charge in [0.2, 0.25) is 5.91 Å². The van der Waals surface area contributed by atoms with Gasteiger partial charge in [-0.05, 0) is 51.3 Å².